The van der Waals surface area contributed by atoms with Crippen LogP contribution in [0, 0.1) is 0 Å². The van der Waals surface area contributed by atoms with Gasteiger partial charge in [-0.3, -0.25) is 0 Å². The van der Waals surface area contributed by atoms with Crippen LogP contribution in [0.25, 0.3) is 32.3 Å². The van der Waals surface area contributed by atoms with Crippen LogP contribution < -0.4 is 5.73 Å². The van der Waals surface area contributed by atoms with Gasteiger partial charge in [0, 0.05) is 6.42 Å². The predicted octanol–water partition coefficient (Wildman–Crippen LogP) is 5.19. The molecule has 0 aliphatic heterocycles. The fraction of sp³-hybridized carbons (Fsp3) is 0.120. The van der Waals surface area contributed by atoms with Gasteiger partial charge in [-0.2, -0.15) is 0 Å². The lowest BCUT2D eigenvalue weighted by Gasteiger charge is -2.22. The van der Waals surface area contributed by atoms with Crippen LogP contribution in [0.15, 0.2) is 84.9 Å². The average molecular weight is 351 g/mol. The van der Waals surface area contributed by atoms with Gasteiger partial charge in [0.25, 0.3) is 0 Å². The molecule has 0 radical (unpaired) electrons. The van der Waals surface area contributed by atoms with E-state index in [1.807, 2.05) is 30.3 Å². The van der Waals surface area contributed by atoms with Gasteiger partial charge in [0.05, 0.1) is 12.1 Å². The Morgan fingerprint density at radius 2 is 1.30 bits per heavy atom. The first-order valence-electron chi connectivity index (χ1n) is 9.36. The third-order valence-electron chi connectivity index (χ3n) is 5.62. The summed E-state index contributed by atoms with van der Waals surface area (Å²) >= 11 is 0. The summed E-state index contributed by atoms with van der Waals surface area (Å²) < 4.78 is 0. The van der Waals surface area contributed by atoms with Crippen molar-refractivity contribution in [3.8, 4) is 0 Å². The normalized spacial score (nSPS) is 14.1. The standard InChI is InChI=1S/C25H21NO/c26-25(22(27)15-16-5-2-1-3-6-16)21-14-12-19-10-9-17-7-4-8-18-11-13-20(21)24(19)23(17)18/h1-14,22,25,27H,15,26H2/t22-,25+/m0/s1. The Hall–Kier alpha value is -2.94. The SMILES string of the molecule is N[C@H](c1ccc2ccc3cccc4ccc1c2c34)[C@@H](O)Cc1ccccc1. The number of aliphatic hydroxyl groups excluding tert-OH is 1. The molecule has 0 unspecified atom stereocenters. The van der Waals surface area contributed by atoms with Crippen LogP contribution in [0.3, 0.4) is 0 Å². The first-order chi connectivity index (χ1) is 13.2. The number of benzene rings is 5. The van der Waals surface area contributed by atoms with Crippen molar-refractivity contribution in [1.82, 2.24) is 0 Å². The fourth-order valence-electron chi connectivity index (χ4n) is 4.24. The van der Waals surface area contributed by atoms with E-state index in [9.17, 15) is 5.11 Å². The van der Waals surface area contributed by atoms with Crippen LogP contribution >= 0.6 is 0 Å². The summed E-state index contributed by atoms with van der Waals surface area (Å²) in [5, 5.41) is 18.1. The average Bonchev–Trinajstić information content (AvgIpc) is 2.72. The van der Waals surface area contributed by atoms with Gasteiger partial charge in [0.2, 0.25) is 0 Å². The Labute approximate surface area is 158 Å². The molecule has 0 bridgehead atoms. The molecule has 3 N–H and O–H groups in total. The molecule has 2 nitrogen and oxygen atoms in total. The maximum absolute atomic E-state index is 10.8. The second-order valence-corrected chi connectivity index (χ2v) is 7.29. The Balaban J connectivity index is 1.64. The second kappa shape index (κ2) is 6.34. The minimum atomic E-state index is -0.633. The third-order valence-corrected chi connectivity index (χ3v) is 5.62. The van der Waals surface area contributed by atoms with Gasteiger partial charge in [0.1, 0.15) is 0 Å². The molecular weight excluding hydrogens is 330 g/mol. The predicted molar refractivity (Wildman–Crippen MR) is 113 cm³/mol. The topological polar surface area (TPSA) is 46.2 Å². The molecule has 27 heavy (non-hydrogen) atoms. The first-order valence-corrected chi connectivity index (χ1v) is 9.36. The molecule has 0 aliphatic rings. The van der Waals surface area contributed by atoms with E-state index < -0.39 is 12.1 Å². The van der Waals surface area contributed by atoms with Crippen LogP contribution in [0.1, 0.15) is 17.2 Å². The molecule has 0 amide bonds. The molecule has 0 saturated heterocycles. The van der Waals surface area contributed by atoms with Crippen molar-refractivity contribution in [3.63, 3.8) is 0 Å². The van der Waals surface area contributed by atoms with E-state index in [0.717, 1.165) is 16.5 Å². The summed E-state index contributed by atoms with van der Waals surface area (Å²) in [6.45, 7) is 0. The highest BCUT2D eigenvalue weighted by Gasteiger charge is 2.21. The van der Waals surface area contributed by atoms with Crippen LogP contribution in [0.2, 0.25) is 0 Å². The van der Waals surface area contributed by atoms with Crippen molar-refractivity contribution in [1.29, 1.82) is 0 Å². The van der Waals surface area contributed by atoms with Gasteiger partial charge in [0.15, 0.2) is 0 Å². The molecule has 0 fully saturated rings. The zero-order valence-corrected chi connectivity index (χ0v) is 15.0. The summed E-state index contributed by atoms with van der Waals surface area (Å²) in [4.78, 5) is 0. The highest BCUT2D eigenvalue weighted by Crippen LogP contribution is 2.37. The number of aliphatic hydroxyl groups is 1. The van der Waals surface area contributed by atoms with Crippen LogP contribution in [-0.4, -0.2) is 11.2 Å². The van der Waals surface area contributed by atoms with Crippen molar-refractivity contribution in [2.24, 2.45) is 5.73 Å². The van der Waals surface area contributed by atoms with E-state index in [1.54, 1.807) is 0 Å². The van der Waals surface area contributed by atoms with Gasteiger partial charge in [-0.1, -0.05) is 84.9 Å². The molecule has 0 aromatic heterocycles. The molecule has 2 heteroatoms. The zero-order valence-electron chi connectivity index (χ0n) is 15.0. The Morgan fingerprint density at radius 3 is 2.04 bits per heavy atom. The molecule has 0 saturated carbocycles. The molecule has 0 aliphatic carbocycles. The zero-order chi connectivity index (χ0) is 18.4. The fourth-order valence-corrected chi connectivity index (χ4v) is 4.24. The van der Waals surface area contributed by atoms with Crippen molar-refractivity contribution in [2.45, 2.75) is 18.6 Å². The summed E-state index contributed by atoms with van der Waals surface area (Å²) in [6, 6.07) is 28.8. The van der Waals surface area contributed by atoms with E-state index in [-0.39, 0.29) is 0 Å². The van der Waals surface area contributed by atoms with Gasteiger partial charge in [-0.05, 0) is 43.4 Å². The number of rotatable bonds is 4. The smallest absolute Gasteiger partial charge is 0.0773 e. The molecule has 0 spiro atoms. The minimum Gasteiger partial charge on any atom is -0.391 e. The van der Waals surface area contributed by atoms with Gasteiger partial charge >= 0.3 is 0 Å². The van der Waals surface area contributed by atoms with Crippen LogP contribution in [-0.2, 0) is 6.42 Å². The van der Waals surface area contributed by atoms with E-state index in [1.165, 1.54) is 26.9 Å². The number of hydrogen-bond donors (Lipinski definition) is 2. The molecule has 0 heterocycles. The molecular formula is C25H21NO. The van der Waals surface area contributed by atoms with E-state index in [4.69, 9.17) is 5.73 Å². The molecule has 5 aromatic carbocycles. The minimum absolute atomic E-state index is 0.435. The van der Waals surface area contributed by atoms with E-state index >= 15 is 0 Å². The Kier molecular flexibility index (Phi) is 3.82. The monoisotopic (exact) mass is 351 g/mol. The molecule has 5 rings (SSSR count). The van der Waals surface area contributed by atoms with Gasteiger partial charge in [-0.15, -0.1) is 0 Å². The first kappa shape index (κ1) is 16.2. The van der Waals surface area contributed by atoms with Crippen molar-refractivity contribution in [2.75, 3.05) is 0 Å². The number of nitrogens with two attached hydrogens (primary N) is 1. The van der Waals surface area contributed by atoms with Gasteiger partial charge in [-0.25, -0.2) is 0 Å². The van der Waals surface area contributed by atoms with E-state index in [2.05, 4.69) is 54.6 Å². The highest BCUT2D eigenvalue weighted by atomic mass is 16.3. The van der Waals surface area contributed by atoms with Crippen molar-refractivity contribution >= 4 is 32.3 Å². The molecule has 2 atom stereocenters. The van der Waals surface area contributed by atoms with E-state index in [0.29, 0.717) is 6.42 Å². The Bertz CT molecular complexity index is 1210. The maximum Gasteiger partial charge on any atom is 0.0773 e. The lowest BCUT2D eigenvalue weighted by molar-refractivity contribution is 0.145. The summed E-state index contributed by atoms with van der Waals surface area (Å²) in [7, 11) is 0. The highest BCUT2D eigenvalue weighted by molar-refractivity contribution is 6.23. The third kappa shape index (κ3) is 2.66. The lowest BCUT2D eigenvalue weighted by atomic mass is 9.88. The Morgan fingerprint density at radius 1 is 0.667 bits per heavy atom. The molecule has 5 aromatic rings. The quantitative estimate of drug-likeness (QED) is 0.438. The summed E-state index contributed by atoms with van der Waals surface area (Å²) in [5.41, 5.74) is 8.63. The lowest BCUT2D eigenvalue weighted by Crippen LogP contribution is -2.28. The maximum atomic E-state index is 10.8. The van der Waals surface area contributed by atoms with Crippen molar-refractivity contribution in [3.05, 3.63) is 96.1 Å². The number of hydrogen-bond acceptors (Lipinski definition) is 2. The summed E-state index contributed by atoms with van der Waals surface area (Å²) in [6.07, 6.45) is -0.0878. The largest absolute Gasteiger partial charge is 0.391 e. The summed E-state index contributed by atoms with van der Waals surface area (Å²) in [5.74, 6) is 0. The van der Waals surface area contributed by atoms with Crippen LogP contribution in [0.4, 0.5) is 0 Å². The van der Waals surface area contributed by atoms with Crippen molar-refractivity contribution < 1.29 is 5.11 Å². The van der Waals surface area contributed by atoms with Crippen LogP contribution in [0.5, 0.6) is 0 Å². The van der Waals surface area contributed by atoms with Gasteiger partial charge < -0.3 is 10.8 Å². The second-order valence-electron chi connectivity index (χ2n) is 7.29. The molecule has 132 valence electrons.